The summed E-state index contributed by atoms with van der Waals surface area (Å²) in [6, 6.07) is 15.8. The molecule has 1 amide bonds. The summed E-state index contributed by atoms with van der Waals surface area (Å²) in [4.78, 5) is 12.9. The van der Waals surface area contributed by atoms with Crippen LogP contribution in [0.1, 0.15) is 22.8 Å². The van der Waals surface area contributed by atoms with Gasteiger partial charge in [0.2, 0.25) is 0 Å². The van der Waals surface area contributed by atoms with Gasteiger partial charge in [-0.3, -0.25) is 9.10 Å². The van der Waals surface area contributed by atoms with Crippen LogP contribution in [0.2, 0.25) is 10.0 Å². The molecule has 3 aromatic carbocycles. The van der Waals surface area contributed by atoms with Gasteiger partial charge in [0.05, 0.1) is 22.7 Å². The maximum atomic E-state index is 13.2. The number of anilines is 2. The van der Waals surface area contributed by atoms with Crippen molar-refractivity contribution >= 4 is 50.5 Å². The van der Waals surface area contributed by atoms with Gasteiger partial charge >= 0.3 is 0 Å². The normalized spacial score (nSPS) is 15.4. The highest BCUT2D eigenvalue weighted by Gasteiger charge is 2.36. The summed E-state index contributed by atoms with van der Waals surface area (Å²) in [5.74, 6) is 0.193. The van der Waals surface area contributed by atoms with Crippen molar-refractivity contribution in [2.75, 3.05) is 16.7 Å². The van der Waals surface area contributed by atoms with Crippen LogP contribution in [0.5, 0.6) is 5.75 Å². The van der Waals surface area contributed by atoms with Crippen molar-refractivity contribution in [3.05, 3.63) is 81.8 Å². The predicted molar refractivity (Wildman–Crippen MR) is 127 cm³/mol. The van der Waals surface area contributed by atoms with E-state index in [9.17, 15) is 13.2 Å². The van der Waals surface area contributed by atoms with Crippen LogP contribution in [0.25, 0.3) is 0 Å². The van der Waals surface area contributed by atoms with E-state index in [1.54, 1.807) is 48.5 Å². The molecule has 0 unspecified atom stereocenters. The summed E-state index contributed by atoms with van der Waals surface area (Å²) in [5.41, 5.74) is 2.31. The van der Waals surface area contributed by atoms with Gasteiger partial charge in [0.25, 0.3) is 15.9 Å². The number of methoxy groups -OCH3 is 1. The van der Waals surface area contributed by atoms with Gasteiger partial charge in [-0.25, -0.2) is 8.42 Å². The molecule has 1 N–H and O–H groups in total. The number of carbonyl (C=O) groups is 1. The molecular weight excluding hydrogens is 471 g/mol. The first kappa shape index (κ1) is 22.5. The second-order valence-electron chi connectivity index (χ2n) is 7.45. The molecule has 0 aliphatic carbocycles. The van der Waals surface area contributed by atoms with Gasteiger partial charge in [-0.15, -0.1) is 0 Å². The third-order valence-corrected chi connectivity index (χ3v) is 7.76. The van der Waals surface area contributed by atoms with E-state index in [-0.39, 0.29) is 16.8 Å². The Kier molecular flexibility index (Phi) is 6.07. The maximum Gasteiger partial charge on any atom is 0.264 e. The molecule has 3 aromatic rings. The van der Waals surface area contributed by atoms with E-state index >= 15 is 0 Å². The fourth-order valence-electron chi connectivity index (χ4n) is 3.78. The molecule has 0 aromatic heterocycles. The minimum Gasteiger partial charge on any atom is -0.495 e. The van der Waals surface area contributed by atoms with Crippen molar-refractivity contribution in [1.29, 1.82) is 0 Å². The molecule has 0 radical (unpaired) electrons. The number of rotatable bonds is 5. The van der Waals surface area contributed by atoms with Gasteiger partial charge in [0.1, 0.15) is 5.75 Å². The Morgan fingerprint density at radius 2 is 1.78 bits per heavy atom. The molecule has 6 nitrogen and oxygen atoms in total. The molecule has 4 rings (SSSR count). The predicted octanol–water partition coefficient (Wildman–Crippen LogP) is 5.39. The summed E-state index contributed by atoms with van der Waals surface area (Å²) in [6.07, 6.45) is 0.498. The molecule has 0 fully saturated rings. The Hall–Kier alpha value is -2.74. The first-order chi connectivity index (χ1) is 15.2. The Bertz CT molecular complexity index is 1290. The average molecular weight is 491 g/mol. The Morgan fingerprint density at radius 1 is 1.06 bits per heavy atom. The fraction of sp³-hybridized carbons (Fsp3) is 0.174. The van der Waals surface area contributed by atoms with Gasteiger partial charge in [0, 0.05) is 22.3 Å². The van der Waals surface area contributed by atoms with Crippen molar-refractivity contribution < 1.29 is 17.9 Å². The molecular formula is C23H20Cl2N2O4S. The summed E-state index contributed by atoms with van der Waals surface area (Å²) < 4.78 is 33.0. The van der Waals surface area contributed by atoms with E-state index in [4.69, 9.17) is 27.9 Å². The first-order valence-electron chi connectivity index (χ1n) is 9.78. The van der Waals surface area contributed by atoms with Crippen LogP contribution in [0.4, 0.5) is 11.4 Å². The number of benzene rings is 3. The van der Waals surface area contributed by atoms with E-state index in [0.29, 0.717) is 39.2 Å². The summed E-state index contributed by atoms with van der Waals surface area (Å²) >= 11 is 12.0. The van der Waals surface area contributed by atoms with E-state index in [2.05, 4.69) is 5.32 Å². The number of ether oxygens (including phenoxy) is 1. The van der Waals surface area contributed by atoms with Crippen LogP contribution >= 0.6 is 23.2 Å². The zero-order chi connectivity index (χ0) is 23.0. The van der Waals surface area contributed by atoms with E-state index in [1.807, 2.05) is 6.92 Å². The molecule has 166 valence electrons. The number of amides is 1. The highest BCUT2D eigenvalue weighted by molar-refractivity contribution is 7.92. The quantitative estimate of drug-likeness (QED) is 0.519. The molecule has 0 spiro atoms. The highest BCUT2D eigenvalue weighted by Crippen LogP contribution is 2.37. The van der Waals surface area contributed by atoms with Gasteiger partial charge < -0.3 is 10.1 Å². The molecule has 1 aliphatic rings. The fourth-order valence-corrected chi connectivity index (χ4v) is 5.85. The zero-order valence-electron chi connectivity index (χ0n) is 17.3. The third kappa shape index (κ3) is 4.16. The molecule has 0 saturated heterocycles. The largest absolute Gasteiger partial charge is 0.495 e. The number of nitrogens with one attached hydrogen (secondary N) is 1. The number of hydrogen-bond donors (Lipinski definition) is 1. The minimum absolute atomic E-state index is 0.166. The molecule has 0 saturated carbocycles. The van der Waals surface area contributed by atoms with Crippen molar-refractivity contribution in [2.45, 2.75) is 24.3 Å². The van der Waals surface area contributed by atoms with Crippen LogP contribution in [-0.4, -0.2) is 27.5 Å². The topological polar surface area (TPSA) is 75.7 Å². The lowest BCUT2D eigenvalue weighted by molar-refractivity contribution is 0.102. The summed E-state index contributed by atoms with van der Waals surface area (Å²) in [6.45, 7) is 1.84. The molecule has 0 bridgehead atoms. The lowest BCUT2D eigenvalue weighted by Crippen LogP contribution is -2.35. The summed E-state index contributed by atoms with van der Waals surface area (Å²) in [7, 11) is -2.25. The number of hydrogen-bond acceptors (Lipinski definition) is 4. The Morgan fingerprint density at radius 3 is 2.44 bits per heavy atom. The van der Waals surface area contributed by atoms with Crippen LogP contribution in [0.3, 0.4) is 0 Å². The number of nitrogens with zero attached hydrogens (tertiary/aromatic N) is 1. The van der Waals surface area contributed by atoms with E-state index in [1.165, 1.54) is 23.5 Å². The average Bonchev–Trinajstić information content (AvgIpc) is 3.09. The Labute approximate surface area is 196 Å². The van der Waals surface area contributed by atoms with Crippen molar-refractivity contribution in [1.82, 2.24) is 0 Å². The van der Waals surface area contributed by atoms with Crippen LogP contribution in [0, 0.1) is 0 Å². The van der Waals surface area contributed by atoms with Gasteiger partial charge in [0.15, 0.2) is 0 Å². The summed E-state index contributed by atoms with van der Waals surface area (Å²) in [5, 5.41) is 3.65. The number of carbonyl (C=O) groups excluding carboxylic acids is 1. The lowest BCUT2D eigenvalue weighted by Gasteiger charge is -2.24. The van der Waals surface area contributed by atoms with Crippen molar-refractivity contribution in [2.24, 2.45) is 0 Å². The maximum absolute atomic E-state index is 13.2. The molecule has 32 heavy (non-hydrogen) atoms. The molecule has 1 heterocycles. The van der Waals surface area contributed by atoms with Crippen LogP contribution in [0.15, 0.2) is 65.6 Å². The molecule has 1 atom stereocenters. The van der Waals surface area contributed by atoms with E-state index < -0.39 is 10.0 Å². The Balaban J connectivity index is 1.60. The van der Waals surface area contributed by atoms with E-state index in [0.717, 1.165) is 5.56 Å². The lowest BCUT2D eigenvalue weighted by atomic mass is 10.1. The highest BCUT2D eigenvalue weighted by atomic mass is 35.5. The number of halogens is 2. The third-order valence-electron chi connectivity index (χ3n) is 5.27. The molecule has 9 heteroatoms. The van der Waals surface area contributed by atoms with Crippen LogP contribution in [-0.2, 0) is 16.4 Å². The number of sulfonamides is 1. The van der Waals surface area contributed by atoms with Crippen molar-refractivity contribution in [3.63, 3.8) is 0 Å². The van der Waals surface area contributed by atoms with Gasteiger partial charge in [-0.2, -0.15) is 0 Å². The second kappa shape index (κ2) is 8.65. The first-order valence-corrected chi connectivity index (χ1v) is 12.0. The standard InChI is InChI=1S/C23H20Cl2N2O4S/c1-14-11-16-12-15(23(28)26-18-6-10-22(31-2)20(25)13-18)3-9-21(16)27(14)32(29,30)19-7-4-17(24)5-8-19/h3-10,12-14H,11H2,1-2H3,(H,26,28)/t14-/m0/s1. The monoisotopic (exact) mass is 490 g/mol. The number of fused-ring (bicyclic) bond motifs is 1. The van der Waals surface area contributed by atoms with Gasteiger partial charge in [-0.1, -0.05) is 23.2 Å². The minimum atomic E-state index is -3.76. The van der Waals surface area contributed by atoms with Gasteiger partial charge in [-0.05, 0) is 79.6 Å². The zero-order valence-corrected chi connectivity index (χ0v) is 19.6. The second-order valence-corrected chi connectivity index (χ2v) is 10.1. The SMILES string of the molecule is COc1ccc(NC(=O)c2ccc3c(c2)C[C@H](C)N3S(=O)(=O)c2ccc(Cl)cc2)cc1Cl. The molecule has 1 aliphatic heterocycles. The smallest absolute Gasteiger partial charge is 0.264 e. The van der Waals surface area contributed by atoms with Crippen molar-refractivity contribution in [3.8, 4) is 5.75 Å². The van der Waals surface area contributed by atoms with Crippen LogP contribution < -0.4 is 14.4 Å².